The predicted octanol–water partition coefficient (Wildman–Crippen LogP) is 5.58. The second-order valence-electron chi connectivity index (χ2n) is 6.39. The lowest BCUT2D eigenvalue weighted by Gasteiger charge is -2.12. The third-order valence-corrected chi connectivity index (χ3v) is 4.97. The van der Waals surface area contributed by atoms with Crippen LogP contribution in [0.5, 0.6) is 0 Å². The molecule has 3 aromatic carbocycles. The van der Waals surface area contributed by atoms with Crippen molar-refractivity contribution in [2.75, 3.05) is 0 Å². The number of halogens is 1. The molecule has 5 aromatic rings. The van der Waals surface area contributed by atoms with Crippen LogP contribution in [0.2, 0.25) is 0 Å². The quantitative estimate of drug-likeness (QED) is 0.422. The minimum atomic E-state index is 0.499. The molecule has 0 unspecified atom stereocenters. The number of hydrogen-bond acceptors (Lipinski definition) is 3. The van der Waals surface area contributed by atoms with E-state index in [1.165, 1.54) is 0 Å². The zero-order chi connectivity index (χ0) is 18.2. The van der Waals surface area contributed by atoms with Gasteiger partial charge in [-0.25, -0.2) is 15.0 Å². The van der Waals surface area contributed by atoms with Crippen LogP contribution in [0.15, 0.2) is 73.1 Å². The summed E-state index contributed by atoms with van der Waals surface area (Å²) in [4.78, 5) is 17.1. The van der Waals surface area contributed by atoms with Gasteiger partial charge >= 0.3 is 0 Å². The van der Waals surface area contributed by atoms with Gasteiger partial charge in [-0.05, 0) is 17.7 Å². The number of aromatic amines is 1. The highest BCUT2D eigenvalue weighted by molar-refractivity contribution is 6.17. The van der Waals surface area contributed by atoms with E-state index < -0.39 is 0 Å². The van der Waals surface area contributed by atoms with Crippen molar-refractivity contribution in [3.63, 3.8) is 0 Å². The number of H-pyrrole nitrogens is 1. The van der Waals surface area contributed by atoms with Crippen molar-refractivity contribution in [1.29, 1.82) is 0 Å². The molecule has 2 aromatic heterocycles. The molecule has 130 valence electrons. The summed E-state index contributed by atoms with van der Waals surface area (Å²) in [5, 5.41) is 0. The number of nitrogens with one attached hydrogen (secondary N) is 1. The molecule has 0 saturated carbocycles. The lowest BCUT2D eigenvalue weighted by Crippen LogP contribution is -1.96. The van der Waals surface area contributed by atoms with E-state index in [2.05, 4.69) is 39.2 Å². The van der Waals surface area contributed by atoms with Gasteiger partial charge in [0, 0.05) is 17.0 Å². The number of nitrogens with zero attached hydrogens (tertiary/aromatic N) is 3. The Morgan fingerprint density at radius 2 is 1.52 bits per heavy atom. The number of imidazole rings is 1. The smallest absolute Gasteiger partial charge is 0.116 e. The Kier molecular flexibility index (Phi) is 3.84. The predicted molar refractivity (Wildman–Crippen MR) is 110 cm³/mol. The fourth-order valence-corrected chi connectivity index (χ4v) is 3.44. The van der Waals surface area contributed by atoms with Gasteiger partial charge in [0.15, 0.2) is 0 Å². The van der Waals surface area contributed by atoms with Crippen LogP contribution in [0, 0.1) is 0 Å². The molecule has 0 spiro atoms. The standard InChI is InChI=1S/C22H15ClN4/c23-12-14-6-8-16(9-7-14)22-21(15-4-2-1-3-5-15)26-19-10-17-18(25-13-24-17)11-20(19)27-22/h1-11,13,27H,12H2. The van der Waals surface area contributed by atoms with Gasteiger partial charge in [-0.2, -0.15) is 0 Å². The van der Waals surface area contributed by atoms with Crippen molar-refractivity contribution in [3.05, 3.63) is 78.6 Å². The van der Waals surface area contributed by atoms with Gasteiger partial charge in [0.05, 0.1) is 33.5 Å². The summed E-state index contributed by atoms with van der Waals surface area (Å²) in [6.45, 7) is 0. The average Bonchev–Trinajstić information content (AvgIpc) is 3.19. The summed E-state index contributed by atoms with van der Waals surface area (Å²) in [5.41, 5.74) is 8.57. The fraction of sp³-hybridized carbons (Fsp3) is 0.0455. The molecular weight excluding hydrogens is 356 g/mol. The molecule has 0 fully saturated rings. The monoisotopic (exact) mass is 370 g/mol. The van der Waals surface area contributed by atoms with Crippen LogP contribution >= 0.6 is 11.6 Å². The van der Waals surface area contributed by atoms with Gasteiger partial charge in [-0.15, -0.1) is 11.6 Å². The van der Waals surface area contributed by atoms with Crippen molar-refractivity contribution in [2.24, 2.45) is 0 Å². The van der Waals surface area contributed by atoms with E-state index in [0.29, 0.717) is 5.88 Å². The van der Waals surface area contributed by atoms with Gasteiger partial charge in [-0.3, -0.25) is 0 Å². The SMILES string of the molecule is ClCc1ccc(-c2[nH]c3cc4ncnc4cc3nc2-c2ccccc2)cc1. The van der Waals surface area contributed by atoms with Gasteiger partial charge in [-0.1, -0.05) is 54.6 Å². The minimum absolute atomic E-state index is 0.499. The van der Waals surface area contributed by atoms with E-state index in [-0.39, 0.29) is 0 Å². The van der Waals surface area contributed by atoms with Crippen LogP contribution in [0.3, 0.4) is 0 Å². The zero-order valence-corrected chi connectivity index (χ0v) is 15.1. The molecule has 5 rings (SSSR count). The molecule has 2 heterocycles. The van der Waals surface area contributed by atoms with Crippen LogP contribution < -0.4 is 0 Å². The molecule has 0 aliphatic heterocycles. The van der Waals surface area contributed by atoms with E-state index in [0.717, 1.165) is 50.1 Å². The lowest BCUT2D eigenvalue weighted by molar-refractivity contribution is 1.29. The highest BCUT2D eigenvalue weighted by Crippen LogP contribution is 2.32. The molecule has 0 amide bonds. The van der Waals surface area contributed by atoms with Crippen molar-refractivity contribution in [1.82, 2.24) is 19.9 Å². The first-order valence-corrected chi connectivity index (χ1v) is 9.20. The molecule has 0 radical (unpaired) electrons. The molecule has 0 aliphatic rings. The maximum absolute atomic E-state index is 5.94. The largest absolute Gasteiger partial charge is 0.351 e. The number of rotatable bonds is 3. The minimum Gasteiger partial charge on any atom is -0.351 e. The molecule has 5 heteroatoms. The van der Waals surface area contributed by atoms with Crippen LogP contribution in [0.4, 0.5) is 0 Å². The summed E-state index contributed by atoms with van der Waals surface area (Å²) in [5.74, 6) is 0.499. The molecule has 0 atom stereocenters. The molecule has 1 N–H and O–H groups in total. The summed E-state index contributed by atoms with van der Waals surface area (Å²) in [7, 11) is 0. The summed E-state index contributed by atoms with van der Waals surface area (Å²) in [6.07, 6.45) is 1.58. The Hall–Kier alpha value is -3.24. The number of fused-ring (bicyclic) bond motifs is 2. The molecule has 27 heavy (non-hydrogen) atoms. The Balaban J connectivity index is 1.80. The van der Waals surface area contributed by atoms with Crippen molar-refractivity contribution >= 4 is 33.7 Å². The zero-order valence-electron chi connectivity index (χ0n) is 14.4. The number of alkyl halides is 1. The molecule has 4 nitrogen and oxygen atoms in total. The Labute approximate surface area is 160 Å². The third-order valence-electron chi connectivity index (χ3n) is 4.66. The summed E-state index contributed by atoms with van der Waals surface area (Å²) in [6, 6.07) is 22.4. The number of benzene rings is 3. The lowest BCUT2D eigenvalue weighted by atomic mass is 10.0. The third kappa shape index (κ3) is 2.84. The average molecular weight is 371 g/mol. The maximum atomic E-state index is 5.94. The fourth-order valence-electron chi connectivity index (χ4n) is 3.26. The van der Waals surface area contributed by atoms with Gasteiger partial charge in [0.1, 0.15) is 6.33 Å². The van der Waals surface area contributed by atoms with Gasteiger partial charge in [0.25, 0.3) is 0 Å². The highest BCUT2D eigenvalue weighted by atomic mass is 35.5. The van der Waals surface area contributed by atoms with E-state index in [1.54, 1.807) is 6.33 Å². The maximum Gasteiger partial charge on any atom is 0.116 e. The van der Waals surface area contributed by atoms with Crippen molar-refractivity contribution < 1.29 is 0 Å². The first kappa shape index (κ1) is 16.0. The highest BCUT2D eigenvalue weighted by Gasteiger charge is 2.13. The Morgan fingerprint density at radius 3 is 2.26 bits per heavy atom. The normalized spacial score (nSPS) is 11.3. The Morgan fingerprint density at radius 1 is 0.778 bits per heavy atom. The number of hydrogen-bond donors (Lipinski definition) is 1. The second kappa shape index (κ2) is 6.49. The van der Waals surface area contributed by atoms with Gasteiger partial charge in [0.2, 0.25) is 0 Å². The van der Waals surface area contributed by atoms with E-state index in [4.69, 9.17) is 16.6 Å². The molecular formula is C22H15ClN4. The van der Waals surface area contributed by atoms with E-state index in [9.17, 15) is 0 Å². The topological polar surface area (TPSA) is 54.5 Å². The van der Waals surface area contributed by atoms with E-state index >= 15 is 0 Å². The van der Waals surface area contributed by atoms with Crippen LogP contribution in [0.1, 0.15) is 5.56 Å². The van der Waals surface area contributed by atoms with Crippen LogP contribution in [-0.2, 0) is 5.88 Å². The van der Waals surface area contributed by atoms with Crippen molar-refractivity contribution in [2.45, 2.75) is 5.88 Å². The Bertz CT molecular complexity index is 1240. The van der Waals surface area contributed by atoms with Crippen LogP contribution in [0.25, 0.3) is 44.6 Å². The first-order valence-electron chi connectivity index (χ1n) is 8.67. The van der Waals surface area contributed by atoms with Crippen LogP contribution in [-0.4, -0.2) is 19.9 Å². The molecule has 0 saturated heterocycles. The molecule has 0 bridgehead atoms. The van der Waals surface area contributed by atoms with Crippen molar-refractivity contribution in [3.8, 4) is 22.5 Å². The molecule has 0 aliphatic carbocycles. The second-order valence-corrected chi connectivity index (χ2v) is 6.66. The first-order chi connectivity index (χ1) is 13.3. The summed E-state index contributed by atoms with van der Waals surface area (Å²) >= 11 is 5.94. The van der Waals surface area contributed by atoms with E-state index in [1.807, 2.05) is 42.5 Å². The number of aromatic nitrogens is 4. The summed E-state index contributed by atoms with van der Waals surface area (Å²) < 4.78 is 0. The van der Waals surface area contributed by atoms with Gasteiger partial charge < -0.3 is 4.98 Å².